The Hall–Kier alpha value is -4.16. The predicted octanol–water partition coefficient (Wildman–Crippen LogP) is 5.67. The molecule has 3 fully saturated rings. The second kappa shape index (κ2) is 13.6. The molecule has 2 aromatic heterocycles. The summed E-state index contributed by atoms with van der Waals surface area (Å²) < 4.78 is 17.6. The smallest absolute Gasteiger partial charge is 0.327 e. The van der Waals surface area contributed by atoms with Crippen molar-refractivity contribution in [3.05, 3.63) is 94.3 Å². The molecule has 1 unspecified atom stereocenters. The number of nitrogens with zero attached hydrogens (tertiary/aromatic N) is 6. The van der Waals surface area contributed by atoms with Crippen LogP contribution in [0.1, 0.15) is 65.4 Å². The van der Waals surface area contributed by atoms with Crippen LogP contribution in [-0.4, -0.2) is 91.1 Å². The average Bonchev–Trinajstić information content (AvgIpc) is 3.59. The molecule has 4 aromatic rings. The molecule has 5 heterocycles. The Morgan fingerprint density at radius 1 is 0.959 bits per heavy atom. The molecular formula is C37H48FN7O3S. The van der Waals surface area contributed by atoms with Gasteiger partial charge in [-0.25, -0.2) is 14.2 Å². The normalized spacial score (nSPS) is 21.2. The number of anilines is 1. The van der Waals surface area contributed by atoms with E-state index in [2.05, 4.69) is 40.5 Å². The first-order valence-corrected chi connectivity index (χ1v) is 18.1. The summed E-state index contributed by atoms with van der Waals surface area (Å²) in [5.41, 5.74) is 3.47. The van der Waals surface area contributed by atoms with Gasteiger partial charge in [0.2, 0.25) is 11.8 Å². The zero-order valence-corrected chi connectivity index (χ0v) is 29.2. The molecular weight excluding hydrogens is 642 g/mol. The predicted molar refractivity (Wildman–Crippen MR) is 195 cm³/mol. The number of thioether (sulfide) groups is 1. The van der Waals surface area contributed by atoms with E-state index in [4.69, 9.17) is 0 Å². The summed E-state index contributed by atoms with van der Waals surface area (Å²) in [5.74, 6) is -0.468. The molecule has 49 heavy (non-hydrogen) atoms. The number of hydrogen-bond acceptors (Lipinski definition) is 7. The SMILES string of the molecule is CC(C)(C)N1CCN(c2c(F)cccc2C2S[C@@H](CC(=O)N3CCC(n4c(=O)[nH]c5ncccc54)CC3)C(=O)N2Cc2ccccc2)CC1.[HH].[HH]. The van der Waals surface area contributed by atoms with Crippen molar-refractivity contribution in [3.63, 3.8) is 0 Å². The van der Waals surface area contributed by atoms with Crippen LogP contribution in [0.5, 0.6) is 0 Å². The number of carbonyl (C=O) groups is 2. The van der Waals surface area contributed by atoms with Crippen LogP contribution in [-0.2, 0) is 16.1 Å². The first-order chi connectivity index (χ1) is 23.6. The van der Waals surface area contributed by atoms with Crippen LogP contribution < -0.4 is 10.6 Å². The molecule has 3 saturated heterocycles. The number of piperidine rings is 1. The number of carbonyl (C=O) groups excluding carboxylic acids is 2. The zero-order chi connectivity index (χ0) is 34.3. The second-order valence-electron chi connectivity index (χ2n) is 14.2. The fraction of sp³-hybridized carbons (Fsp3) is 0.459. The van der Waals surface area contributed by atoms with E-state index in [1.54, 1.807) is 16.8 Å². The average molecular weight is 690 g/mol. The maximum atomic E-state index is 15.8. The number of likely N-dealkylation sites (tertiary alicyclic amines) is 1. The highest BCUT2D eigenvalue weighted by molar-refractivity contribution is 8.01. The van der Waals surface area contributed by atoms with Gasteiger partial charge in [-0.05, 0) is 57.4 Å². The molecule has 2 aromatic carbocycles. The number of imidazole rings is 1. The van der Waals surface area contributed by atoms with Gasteiger partial charge in [-0.3, -0.25) is 24.0 Å². The van der Waals surface area contributed by atoms with Crippen molar-refractivity contribution in [1.29, 1.82) is 0 Å². The van der Waals surface area contributed by atoms with Crippen molar-refractivity contribution in [3.8, 4) is 0 Å². The van der Waals surface area contributed by atoms with Crippen LogP contribution in [0.3, 0.4) is 0 Å². The molecule has 0 bridgehead atoms. The number of piperazine rings is 1. The molecule has 2 atom stereocenters. The number of nitrogens with one attached hydrogen (secondary N) is 1. The maximum absolute atomic E-state index is 15.8. The fourth-order valence-corrected chi connectivity index (χ4v) is 9.02. The molecule has 0 spiro atoms. The summed E-state index contributed by atoms with van der Waals surface area (Å²) in [6.07, 6.45) is 3.00. The van der Waals surface area contributed by atoms with Crippen LogP contribution in [0.15, 0.2) is 71.7 Å². The van der Waals surface area contributed by atoms with Crippen LogP contribution in [0.4, 0.5) is 10.1 Å². The summed E-state index contributed by atoms with van der Waals surface area (Å²) >= 11 is 1.45. The first-order valence-electron chi connectivity index (χ1n) is 17.2. The summed E-state index contributed by atoms with van der Waals surface area (Å²) in [7, 11) is 0. The number of benzene rings is 2. The Morgan fingerprint density at radius 3 is 2.41 bits per heavy atom. The number of fused-ring (bicyclic) bond motifs is 1. The Balaban J connectivity index is 0.00000252. The van der Waals surface area contributed by atoms with Gasteiger partial charge in [-0.15, -0.1) is 11.8 Å². The molecule has 10 nitrogen and oxygen atoms in total. The first kappa shape index (κ1) is 33.3. The number of aromatic nitrogens is 3. The third-order valence-electron chi connectivity index (χ3n) is 10.2. The monoisotopic (exact) mass is 689 g/mol. The molecule has 12 heteroatoms. The van der Waals surface area contributed by atoms with Crippen molar-refractivity contribution in [2.24, 2.45) is 0 Å². The van der Waals surface area contributed by atoms with Crippen molar-refractivity contribution in [2.75, 3.05) is 44.2 Å². The Bertz CT molecular complexity index is 1890. The minimum absolute atomic E-state index is 0. The molecule has 0 radical (unpaired) electrons. The van der Waals surface area contributed by atoms with Gasteiger partial charge >= 0.3 is 5.69 Å². The number of H-pyrrole nitrogens is 1. The van der Waals surface area contributed by atoms with E-state index in [-0.39, 0.29) is 44.2 Å². The minimum Gasteiger partial charge on any atom is -0.366 e. The molecule has 2 amide bonds. The lowest BCUT2D eigenvalue weighted by Crippen LogP contribution is -2.53. The minimum atomic E-state index is -0.588. The molecule has 1 N–H and O–H groups in total. The van der Waals surface area contributed by atoms with Gasteiger partial charge in [0.1, 0.15) is 11.2 Å². The van der Waals surface area contributed by atoms with Gasteiger partial charge in [0.05, 0.1) is 16.5 Å². The van der Waals surface area contributed by atoms with Crippen molar-refractivity contribution in [2.45, 2.75) is 68.8 Å². The van der Waals surface area contributed by atoms with E-state index in [9.17, 15) is 14.4 Å². The number of para-hydroxylation sites is 1. The molecule has 7 rings (SSSR count). The molecule has 3 aliphatic heterocycles. The number of halogens is 1. The van der Waals surface area contributed by atoms with Gasteiger partial charge in [0.25, 0.3) is 0 Å². The quantitative estimate of drug-likeness (QED) is 0.267. The standard InChI is InChI=1S/C37H44FN7O3S.2H2/c1-37(2,3)43-21-19-42(20-22-43)32-27(11-7-12-28(32)38)35-44(24-25-9-5-4-6-10-25)34(47)30(49-35)23-31(46)41-17-14-26(15-18-41)45-29-13-8-16-39-33(29)40-36(45)48;;/h4-13,16,26,30,35H,14-15,17-24H2,1-3H3,(H,39,40,48);2*1H/t30-,35?;;/m0../s1. The lowest BCUT2D eigenvalue weighted by Gasteiger charge is -2.43. The van der Waals surface area contributed by atoms with Crippen LogP contribution in [0.2, 0.25) is 0 Å². The lowest BCUT2D eigenvalue weighted by molar-refractivity contribution is -0.137. The van der Waals surface area contributed by atoms with Crippen molar-refractivity contribution >= 4 is 40.4 Å². The summed E-state index contributed by atoms with van der Waals surface area (Å²) in [6, 6.07) is 18.7. The summed E-state index contributed by atoms with van der Waals surface area (Å²) in [5, 5.41) is -1.03. The fourth-order valence-electron chi connectivity index (χ4n) is 7.55. The van der Waals surface area contributed by atoms with E-state index >= 15 is 4.39 Å². The van der Waals surface area contributed by atoms with Crippen molar-refractivity contribution in [1.82, 2.24) is 29.2 Å². The highest BCUT2D eigenvalue weighted by Crippen LogP contribution is 2.48. The Labute approximate surface area is 293 Å². The molecule has 0 saturated carbocycles. The largest absolute Gasteiger partial charge is 0.366 e. The highest BCUT2D eigenvalue weighted by Gasteiger charge is 2.44. The molecule has 262 valence electrons. The Morgan fingerprint density at radius 2 is 1.69 bits per heavy atom. The maximum Gasteiger partial charge on any atom is 0.327 e. The number of amides is 2. The zero-order valence-electron chi connectivity index (χ0n) is 28.3. The van der Waals surface area contributed by atoms with E-state index in [0.717, 1.165) is 29.7 Å². The number of rotatable bonds is 7. The van der Waals surface area contributed by atoms with Gasteiger partial charge < -0.3 is 14.7 Å². The number of aromatic amines is 1. The van der Waals surface area contributed by atoms with Gasteiger partial charge in [0, 0.05) is 78.4 Å². The van der Waals surface area contributed by atoms with E-state index in [1.165, 1.54) is 17.8 Å². The van der Waals surface area contributed by atoms with Gasteiger partial charge in [-0.1, -0.05) is 42.5 Å². The topological polar surface area (TPSA) is 97.8 Å². The third-order valence-corrected chi connectivity index (χ3v) is 11.7. The van der Waals surface area contributed by atoms with Gasteiger partial charge in [0.15, 0.2) is 5.65 Å². The van der Waals surface area contributed by atoms with Crippen LogP contribution >= 0.6 is 11.8 Å². The van der Waals surface area contributed by atoms with E-state index in [0.29, 0.717) is 56.9 Å². The van der Waals surface area contributed by atoms with E-state index in [1.807, 2.05) is 58.3 Å². The summed E-state index contributed by atoms with van der Waals surface area (Å²) in [6.45, 7) is 11.0. The van der Waals surface area contributed by atoms with Crippen molar-refractivity contribution < 1.29 is 16.8 Å². The number of pyridine rings is 1. The highest BCUT2D eigenvalue weighted by atomic mass is 32.2. The molecule has 0 aliphatic carbocycles. The third kappa shape index (κ3) is 6.72. The summed E-state index contributed by atoms with van der Waals surface area (Å²) in [4.78, 5) is 55.9. The second-order valence-corrected chi connectivity index (χ2v) is 15.5. The lowest BCUT2D eigenvalue weighted by atomic mass is 10.0. The van der Waals surface area contributed by atoms with Crippen LogP contribution in [0.25, 0.3) is 11.2 Å². The van der Waals surface area contributed by atoms with Crippen LogP contribution in [0, 0.1) is 5.82 Å². The molecule has 3 aliphatic rings. The van der Waals surface area contributed by atoms with Gasteiger partial charge in [-0.2, -0.15) is 0 Å². The Kier molecular flexibility index (Phi) is 9.27. The number of hydrogen-bond donors (Lipinski definition) is 1. The van der Waals surface area contributed by atoms with E-state index < -0.39 is 10.6 Å².